The Labute approximate surface area is 123 Å². The van der Waals surface area contributed by atoms with Gasteiger partial charge in [-0.05, 0) is 36.8 Å². The van der Waals surface area contributed by atoms with Crippen molar-refractivity contribution in [3.8, 4) is 0 Å². The molecule has 0 spiro atoms. The number of nitrogens with one attached hydrogen (secondary N) is 1. The number of sulfonamides is 2. The van der Waals surface area contributed by atoms with E-state index in [4.69, 9.17) is 0 Å². The summed E-state index contributed by atoms with van der Waals surface area (Å²) in [6.07, 6.45) is 2.39. The van der Waals surface area contributed by atoms with Crippen LogP contribution in [0.4, 0.5) is 0 Å². The van der Waals surface area contributed by atoms with Crippen molar-refractivity contribution < 1.29 is 16.8 Å². The van der Waals surface area contributed by atoms with Gasteiger partial charge in [-0.2, -0.15) is 4.31 Å². The van der Waals surface area contributed by atoms with Crippen LogP contribution in [-0.4, -0.2) is 46.5 Å². The molecule has 1 unspecified atom stereocenters. The van der Waals surface area contributed by atoms with Crippen LogP contribution in [0.15, 0.2) is 15.7 Å². The summed E-state index contributed by atoms with van der Waals surface area (Å²) in [5.74, 6) is 0. The standard InChI is InChI=1S/C11H18N2O4S3/c1-9-6-11(18-8-9)20(16,17)13-5-3-4-10(7-13)12-19(2,14)15/h6,8,10,12H,3-5,7H2,1-2H3. The maximum atomic E-state index is 12.5. The van der Waals surface area contributed by atoms with Crippen molar-refractivity contribution in [3.05, 3.63) is 17.0 Å². The first kappa shape index (κ1) is 15.9. The summed E-state index contributed by atoms with van der Waals surface area (Å²) in [5, 5.41) is 1.79. The summed E-state index contributed by atoms with van der Waals surface area (Å²) in [6, 6.07) is 1.29. The molecule has 6 nitrogen and oxygen atoms in total. The summed E-state index contributed by atoms with van der Waals surface area (Å²) in [4.78, 5) is 0. The molecule has 114 valence electrons. The lowest BCUT2D eigenvalue weighted by Crippen LogP contribution is -2.49. The summed E-state index contributed by atoms with van der Waals surface area (Å²) in [5.41, 5.74) is 0.913. The molecule has 1 aliphatic heterocycles. The van der Waals surface area contributed by atoms with Crippen LogP contribution in [0.2, 0.25) is 0 Å². The van der Waals surface area contributed by atoms with E-state index in [1.54, 1.807) is 11.4 Å². The number of piperidine rings is 1. The molecule has 1 aromatic heterocycles. The number of hydrogen-bond acceptors (Lipinski definition) is 5. The van der Waals surface area contributed by atoms with E-state index in [-0.39, 0.29) is 12.6 Å². The maximum Gasteiger partial charge on any atom is 0.252 e. The molecule has 20 heavy (non-hydrogen) atoms. The van der Waals surface area contributed by atoms with Crippen LogP contribution in [-0.2, 0) is 20.0 Å². The number of nitrogens with zero attached hydrogens (tertiary/aromatic N) is 1. The Kier molecular flexibility index (Phi) is 4.55. The van der Waals surface area contributed by atoms with E-state index in [0.29, 0.717) is 23.6 Å². The fourth-order valence-corrected chi connectivity index (χ4v) is 5.93. The van der Waals surface area contributed by atoms with E-state index in [1.807, 2.05) is 6.92 Å². The first-order valence-corrected chi connectivity index (χ1v) is 10.4. The SMILES string of the molecule is Cc1csc(S(=O)(=O)N2CCCC(NS(C)(=O)=O)C2)c1. The van der Waals surface area contributed by atoms with Crippen molar-refractivity contribution in [2.24, 2.45) is 0 Å². The zero-order valence-corrected chi connectivity index (χ0v) is 13.8. The molecule has 2 heterocycles. The lowest BCUT2D eigenvalue weighted by Gasteiger charge is -2.31. The second-order valence-corrected chi connectivity index (χ2v) is 9.89. The molecule has 1 N–H and O–H groups in total. The molecule has 0 radical (unpaired) electrons. The van der Waals surface area contributed by atoms with Crippen LogP contribution in [0.1, 0.15) is 18.4 Å². The highest BCUT2D eigenvalue weighted by Gasteiger charge is 2.32. The Balaban J connectivity index is 2.16. The first-order valence-electron chi connectivity index (χ1n) is 6.21. The number of aryl methyl sites for hydroxylation is 1. The highest BCUT2D eigenvalue weighted by atomic mass is 32.2. The second kappa shape index (κ2) is 5.72. The van der Waals surface area contributed by atoms with Gasteiger partial charge in [-0.1, -0.05) is 0 Å². The minimum absolute atomic E-state index is 0.187. The van der Waals surface area contributed by atoms with Crippen molar-refractivity contribution in [1.29, 1.82) is 0 Å². The van der Waals surface area contributed by atoms with Crippen LogP contribution in [0.25, 0.3) is 0 Å². The predicted molar refractivity (Wildman–Crippen MR) is 78.8 cm³/mol. The fourth-order valence-electron chi connectivity index (χ4n) is 2.23. The van der Waals surface area contributed by atoms with Gasteiger partial charge in [0.25, 0.3) is 10.0 Å². The molecule has 0 aromatic carbocycles. The van der Waals surface area contributed by atoms with Gasteiger partial charge in [-0.25, -0.2) is 21.6 Å². The first-order chi connectivity index (χ1) is 9.18. The number of thiophene rings is 1. The quantitative estimate of drug-likeness (QED) is 0.878. The van der Waals surface area contributed by atoms with Gasteiger partial charge in [-0.15, -0.1) is 11.3 Å². The maximum absolute atomic E-state index is 12.5. The Bertz CT molecular complexity index is 678. The van der Waals surface area contributed by atoms with E-state index < -0.39 is 20.0 Å². The predicted octanol–water partition coefficient (Wildman–Crippen LogP) is 0.759. The minimum atomic E-state index is -3.51. The van der Waals surface area contributed by atoms with Crippen molar-refractivity contribution in [2.75, 3.05) is 19.3 Å². The zero-order chi connectivity index (χ0) is 15.0. The molecule has 1 aliphatic rings. The Hall–Kier alpha value is -0.480. The van der Waals surface area contributed by atoms with Crippen molar-refractivity contribution in [1.82, 2.24) is 9.03 Å². The smallest absolute Gasteiger partial charge is 0.213 e. The van der Waals surface area contributed by atoms with Crippen LogP contribution in [0.3, 0.4) is 0 Å². The molecule has 1 atom stereocenters. The molecule has 0 bridgehead atoms. The third kappa shape index (κ3) is 3.79. The third-order valence-corrected chi connectivity index (χ3v) is 7.23. The average Bonchev–Trinajstić information content (AvgIpc) is 2.74. The normalized spacial score (nSPS) is 22.0. The number of rotatable bonds is 4. The summed E-state index contributed by atoms with van der Waals surface area (Å²) in [7, 11) is -6.83. The molecular formula is C11H18N2O4S3. The van der Waals surface area contributed by atoms with E-state index in [9.17, 15) is 16.8 Å². The lowest BCUT2D eigenvalue weighted by atomic mass is 10.1. The highest BCUT2D eigenvalue weighted by Crippen LogP contribution is 2.26. The van der Waals surface area contributed by atoms with Gasteiger partial charge in [0.1, 0.15) is 4.21 Å². The fraction of sp³-hybridized carbons (Fsp3) is 0.636. The van der Waals surface area contributed by atoms with Crippen molar-refractivity contribution >= 4 is 31.4 Å². The summed E-state index contributed by atoms with van der Waals surface area (Å²) >= 11 is 1.20. The monoisotopic (exact) mass is 338 g/mol. The average molecular weight is 338 g/mol. The summed E-state index contributed by atoms with van der Waals surface area (Å²) in [6.45, 7) is 2.47. The van der Waals surface area contributed by atoms with Crippen LogP contribution in [0.5, 0.6) is 0 Å². The van der Waals surface area contributed by atoms with Gasteiger partial charge in [0.05, 0.1) is 6.26 Å². The minimum Gasteiger partial charge on any atom is -0.213 e. The zero-order valence-electron chi connectivity index (χ0n) is 11.4. The topological polar surface area (TPSA) is 83.6 Å². The Morgan fingerprint density at radius 1 is 1.35 bits per heavy atom. The molecule has 9 heteroatoms. The Morgan fingerprint density at radius 3 is 2.60 bits per heavy atom. The van der Waals surface area contributed by atoms with Crippen LogP contribution in [0, 0.1) is 6.92 Å². The van der Waals surface area contributed by atoms with Crippen LogP contribution < -0.4 is 4.72 Å². The van der Waals surface area contributed by atoms with Gasteiger partial charge in [-0.3, -0.25) is 0 Å². The molecule has 2 rings (SSSR count). The van der Waals surface area contributed by atoms with E-state index in [0.717, 1.165) is 11.8 Å². The largest absolute Gasteiger partial charge is 0.252 e. The van der Waals surface area contributed by atoms with E-state index in [2.05, 4.69) is 4.72 Å². The highest BCUT2D eigenvalue weighted by molar-refractivity contribution is 7.91. The van der Waals surface area contributed by atoms with E-state index in [1.165, 1.54) is 15.6 Å². The van der Waals surface area contributed by atoms with E-state index >= 15 is 0 Å². The molecule has 0 aliphatic carbocycles. The molecular weight excluding hydrogens is 320 g/mol. The second-order valence-electron chi connectivity index (χ2n) is 5.04. The van der Waals surface area contributed by atoms with Gasteiger partial charge in [0.2, 0.25) is 10.0 Å². The van der Waals surface area contributed by atoms with Gasteiger partial charge in [0.15, 0.2) is 0 Å². The molecule has 0 saturated carbocycles. The van der Waals surface area contributed by atoms with Crippen LogP contribution >= 0.6 is 11.3 Å². The van der Waals surface area contributed by atoms with Crippen molar-refractivity contribution in [3.63, 3.8) is 0 Å². The van der Waals surface area contributed by atoms with Gasteiger partial charge in [0, 0.05) is 19.1 Å². The lowest BCUT2D eigenvalue weighted by molar-refractivity contribution is 0.304. The number of hydrogen-bond donors (Lipinski definition) is 1. The van der Waals surface area contributed by atoms with Gasteiger partial charge >= 0.3 is 0 Å². The molecule has 1 aromatic rings. The van der Waals surface area contributed by atoms with Crippen molar-refractivity contribution in [2.45, 2.75) is 30.0 Å². The third-order valence-electron chi connectivity index (χ3n) is 3.07. The molecule has 0 amide bonds. The molecule has 1 fully saturated rings. The summed E-state index contributed by atoms with van der Waals surface area (Å²) < 4.78 is 51.6. The van der Waals surface area contributed by atoms with Gasteiger partial charge < -0.3 is 0 Å². The Morgan fingerprint density at radius 2 is 2.05 bits per heavy atom. The molecule has 1 saturated heterocycles.